The summed E-state index contributed by atoms with van der Waals surface area (Å²) in [6, 6.07) is 4.84. The lowest BCUT2D eigenvalue weighted by molar-refractivity contribution is -0.297. The number of carbonyl (C=O) groups excluding carboxylic acids is 2. The van der Waals surface area contributed by atoms with Crippen LogP contribution >= 0.6 is 0 Å². The third kappa shape index (κ3) is 5.57. The number of rotatable bonds is 4. The average molecular weight is 274 g/mol. The average Bonchev–Trinajstić information content (AvgIpc) is 2.27. The number of para-hydroxylation sites is 2. The zero-order valence-corrected chi connectivity index (χ0v) is 9.23. The lowest BCUT2D eigenvalue weighted by Crippen LogP contribution is -2.21. The Balaban J connectivity index is 2.84. The fourth-order valence-corrected chi connectivity index (χ4v) is 1.10. The Morgan fingerprint density at radius 1 is 1.21 bits per heavy atom. The number of hydrogen-bond donors (Lipinski definition) is 1. The molecule has 1 amide bonds. The lowest BCUT2D eigenvalue weighted by atomic mass is 10.3. The molecule has 0 unspecified atom stereocenters. The second-order valence-electron chi connectivity index (χ2n) is 3.19. The molecule has 102 valence electrons. The first-order valence-corrected chi connectivity index (χ1v) is 4.83. The number of ether oxygens (including phenoxy) is 1. The molecule has 8 heteroatoms. The van der Waals surface area contributed by atoms with E-state index in [0.717, 1.165) is 6.07 Å². The molecular formula is C11H7F3NO4-. The number of hydrogen-bond acceptors (Lipinski definition) is 4. The molecule has 1 aromatic carbocycles. The molecule has 0 radical (unpaired) electrons. The fourth-order valence-electron chi connectivity index (χ4n) is 1.10. The van der Waals surface area contributed by atoms with Crippen LogP contribution in [0.3, 0.4) is 0 Å². The van der Waals surface area contributed by atoms with E-state index in [4.69, 9.17) is 0 Å². The summed E-state index contributed by atoms with van der Waals surface area (Å²) in [5, 5.41) is 12.1. The van der Waals surface area contributed by atoms with E-state index >= 15 is 0 Å². The Morgan fingerprint density at radius 2 is 1.84 bits per heavy atom. The van der Waals surface area contributed by atoms with Crippen LogP contribution in [-0.4, -0.2) is 18.2 Å². The van der Waals surface area contributed by atoms with Gasteiger partial charge in [0.1, 0.15) is 0 Å². The fraction of sp³-hybridized carbons (Fsp3) is 0.0909. The molecule has 0 atom stereocenters. The molecule has 1 aromatic rings. The number of carboxylic acids is 1. The van der Waals surface area contributed by atoms with Crippen LogP contribution in [0, 0.1) is 0 Å². The Bertz CT molecular complexity index is 511. The third-order valence-electron chi connectivity index (χ3n) is 1.74. The van der Waals surface area contributed by atoms with Crippen LogP contribution in [0.15, 0.2) is 36.4 Å². The van der Waals surface area contributed by atoms with Crippen LogP contribution in [0.5, 0.6) is 5.75 Å². The number of benzene rings is 1. The first-order valence-electron chi connectivity index (χ1n) is 4.83. The minimum atomic E-state index is -4.90. The Kier molecular flexibility index (Phi) is 4.51. The van der Waals surface area contributed by atoms with Crippen LogP contribution in [0.4, 0.5) is 18.9 Å². The van der Waals surface area contributed by atoms with Crippen molar-refractivity contribution in [3.63, 3.8) is 0 Å². The number of nitrogens with one attached hydrogen (secondary N) is 1. The van der Waals surface area contributed by atoms with E-state index in [9.17, 15) is 27.9 Å². The third-order valence-corrected chi connectivity index (χ3v) is 1.74. The van der Waals surface area contributed by atoms with Gasteiger partial charge in [0.05, 0.1) is 11.7 Å². The second kappa shape index (κ2) is 5.89. The SMILES string of the molecule is O=C([O-])C=CC(=O)Nc1ccccc1OC(F)(F)F. The van der Waals surface area contributed by atoms with E-state index in [-0.39, 0.29) is 5.69 Å². The molecule has 0 aliphatic carbocycles. The van der Waals surface area contributed by atoms with Gasteiger partial charge in [0.15, 0.2) is 5.75 Å². The molecule has 0 saturated heterocycles. The Morgan fingerprint density at radius 3 is 2.42 bits per heavy atom. The molecule has 1 N–H and O–H groups in total. The van der Waals surface area contributed by atoms with E-state index < -0.39 is 24.0 Å². The zero-order chi connectivity index (χ0) is 14.5. The first kappa shape index (κ1) is 14.6. The summed E-state index contributed by atoms with van der Waals surface area (Å²) in [4.78, 5) is 21.3. The van der Waals surface area contributed by atoms with Crippen molar-refractivity contribution in [2.75, 3.05) is 5.32 Å². The largest absolute Gasteiger partial charge is 0.573 e. The van der Waals surface area contributed by atoms with Crippen molar-refractivity contribution in [1.82, 2.24) is 0 Å². The maximum absolute atomic E-state index is 12.1. The summed E-state index contributed by atoms with van der Waals surface area (Å²) >= 11 is 0. The van der Waals surface area contributed by atoms with Crippen molar-refractivity contribution in [3.8, 4) is 5.75 Å². The predicted octanol–water partition coefficient (Wildman–Crippen LogP) is 0.830. The highest BCUT2D eigenvalue weighted by molar-refractivity contribution is 6.02. The van der Waals surface area contributed by atoms with Gasteiger partial charge in [0.2, 0.25) is 5.91 Å². The van der Waals surface area contributed by atoms with Crippen molar-refractivity contribution >= 4 is 17.6 Å². The van der Waals surface area contributed by atoms with E-state index in [1.807, 2.05) is 5.32 Å². The summed E-state index contributed by atoms with van der Waals surface area (Å²) in [6.07, 6.45) is -3.84. The van der Waals surface area contributed by atoms with Crippen molar-refractivity contribution in [3.05, 3.63) is 36.4 Å². The van der Waals surface area contributed by atoms with Gasteiger partial charge in [-0.15, -0.1) is 13.2 Å². The molecule has 0 saturated carbocycles. The van der Waals surface area contributed by atoms with Gasteiger partial charge in [0.25, 0.3) is 0 Å². The van der Waals surface area contributed by atoms with Crippen molar-refractivity contribution in [1.29, 1.82) is 0 Å². The number of carboxylic acid groups (broad SMARTS) is 1. The summed E-state index contributed by atoms with van der Waals surface area (Å²) in [5.74, 6) is -3.14. The van der Waals surface area contributed by atoms with E-state index in [2.05, 4.69) is 4.74 Å². The summed E-state index contributed by atoms with van der Waals surface area (Å²) in [7, 11) is 0. The zero-order valence-electron chi connectivity index (χ0n) is 9.23. The number of alkyl halides is 3. The standard InChI is InChI=1S/C11H8F3NO4/c12-11(13,14)19-8-4-2-1-3-7(8)15-9(16)5-6-10(17)18/h1-6H,(H,15,16)(H,17,18)/p-1. The molecule has 5 nitrogen and oxygen atoms in total. The summed E-state index contributed by atoms with van der Waals surface area (Å²) in [6.45, 7) is 0. The van der Waals surface area contributed by atoms with Crippen LogP contribution in [-0.2, 0) is 9.59 Å². The van der Waals surface area contributed by atoms with Crippen LogP contribution in [0.1, 0.15) is 0 Å². The number of anilines is 1. The number of aliphatic carboxylic acids is 1. The monoisotopic (exact) mass is 274 g/mol. The van der Waals surface area contributed by atoms with Crippen molar-refractivity contribution < 1.29 is 32.6 Å². The second-order valence-corrected chi connectivity index (χ2v) is 3.19. The highest BCUT2D eigenvalue weighted by Crippen LogP contribution is 2.29. The number of carbonyl (C=O) groups is 2. The van der Waals surface area contributed by atoms with Crippen LogP contribution in [0.2, 0.25) is 0 Å². The van der Waals surface area contributed by atoms with E-state index in [1.165, 1.54) is 18.2 Å². The van der Waals surface area contributed by atoms with Gasteiger partial charge in [-0.2, -0.15) is 0 Å². The Hall–Kier alpha value is -2.51. The highest BCUT2D eigenvalue weighted by Gasteiger charge is 2.32. The minimum absolute atomic E-state index is 0.243. The number of halogens is 3. The van der Waals surface area contributed by atoms with Crippen LogP contribution < -0.4 is 15.2 Å². The van der Waals surface area contributed by atoms with E-state index in [0.29, 0.717) is 12.2 Å². The van der Waals surface area contributed by atoms with Gasteiger partial charge in [-0.25, -0.2) is 0 Å². The first-order chi connectivity index (χ1) is 8.78. The molecule has 1 rings (SSSR count). The van der Waals surface area contributed by atoms with Gasteiger partial charge >= 0.3 is 6.36 Å². The topological polar surface area (TPSA) is 78.5 Å². The van der Waals surface area contributed by atoms with Crippen molar-refractivity contribution in [2.45, 2.75) is 6.36 Å². The molecule has 19 heavy (non-hydrogen) atoms. The highest BCUT2D eigenvalue weighted by atomic mass is 19.4. The van der Waals surface area contributed by atoms with Gasteiger partial charge < -0.3 is 20.0 Å². The summed E-state index contributed by atoms with van der Waals surface area (Å²) < 4.78 is 39.9. The van der Waals surface area contributed by atoms with Crippen LogP contribution in [0.25, 0.3) is 0 Å². The van der Waals surface area contributed by atoms with Gasteiger partial charge in [-0.05, 0) is 18.2 Å². The Labute approximate surface area is 105 Å². The molecule has 0 aliphatic heterocycles. The van der Waals surface area contributed by atoms with Gasteiger partial charge in [0, 0.05) is 6.08 Å². The number of amides is 1. The van der Waals surface area contributed by atoms with E-state index in [1.54, 1.807) is 0 Å². The molecule has 0 aliphatic rings. The normalized spacial score (nSPS) is 11.3. The maximum atomic E-state index is 12.1. The molecule has 0 fully saturated rings. The lowest BCUT2D eigenvalue weighted by Gasteiger charge is -2.13. The molecule has 0 heterocycles. The summed E-state index contributed by atoms with van der Waals surface area (Å²) in [5.41, 5.74) is -0.243. The van der Waals surface area contributed by atoms with Gasteiger partial charge in [-0.1, -0.05) is 12.1 Å². The van der Waals surface area contributed by atoms with Gasteiger partial charge in [-0.3, -0.25) is 4.79 Å². The smallest absolute Gasteiger partial charge is 0.545 e. The van der Waals surface area contributed by atoms with Crippen molar-refractivity contribution in [2.24, 2.45) is 0 Å². The quantitative estimate of drug-likeness (QED) is 0.825. The molecule has 0 spiro atoms. The minimum Gasteiger partial charge on any atom is -0.545 e. The predicted molar refractivity (Wildman–Crippen MR) is 55.9 cm³/mol. The molecule has 0 aromatic heterocycles. The molecular weight excluding hydrogens is 267 g/mol. The molecule has 0 bridgehead atoms. The maximum Gasteiger partial charge on any atom is 0.573 e.